The van der Waals surface area contributed by atoms with Crippen LogP contribution < -0.4 is 5.32 Å². The number of nitrogens with one attached hydrogen (secondary N) is 1. The van der Waals surface area contributed by atoms with E-state index in [4.69, 9.17) is 0 Å². The first-order valence-corrected chi connectivity index (χ1v) is 8.99. The van der Waals surface area contributed by atoms with Crippen molar-refractivity contribution < 1.29 is 9.59 Å². The second-order valence-corrected chi connectivity index (χ2v) is 7.06. The molecule has 1 aromatic heterocycles. The average Bonchev–Trinajstić information content (AvgIpc) is 3.08. The first kappa shape index (κ1) is 18.2. The molecule has 0 fully saturated rings. The highest BCUT2D eigenvalue weighted by molar-refractivity contribution is 7.08. The molecule has 24 heavy (non-hydrogen) atoms. The molecule has 0 spiro atoms. The number of hydrogen-bond donors (Lipinski definition) is 1. The maximum Gasteiger partial charge on any atom is 0.254 e. The van der Waals surface area contributed by atoms with Gasteiger partial charge >= 0.3 is 0 Å². The van der Waals surface area contributed by atoms with E-state index >= 15 is 0 Å². The number of nitrogens with zero attached hydrogens (tertiary/aromatic N) is 1. The lowest BCUT2D eigenvalue weighted by atomic mass is 9.99. The number of carbonyl (C=O) groups is 2. The van der Waals surface area contributed by atoms with Crippen LogP contribution in [0.3, 0.4) is 0 Å². The monoisotopic (exact) mass is 344 g/mol. The molecule has 0 saturated heterocycles. The summed E-state index contributed by atoms with van der Waals surface area (Å²) in [6.07, 6.45) is 0. The smallest absolute Gasteiger partial charge is 0.254 e. The zero-order valence-electron chi connectivity index (χ0n) is 14.6. The molecule has 1 N–H and O–H groups in total. The van der Waals surface area contributed by atoms with E-state index in [0.29, 0.717) is 11.5 Å². The van der Waals surface area contributed by atoms with Crippen LogP contribution in [0.25, 0.3) is 0 Å². The van der Waals surface area contributed by atoms with Gasteiger partial charge in [0.25, 0.3) is 5.91 Å². The van der Waals surface area contributed by atoms with Crippen LogP contribution in [-0.4, -0.2) is 30.3 Å². The summed E-state index contributed by atoms with van der Waals surface area (Å²) in [6.45, 7) is 6.30. The SMILES string of the molecule is CC(C)c1ccc(C(C)NC(=O)CN(C)C(=O)c2ccsc2)cc1. The van der Waals surface area contributed by atoms with Gasteiger partial charge in [-0.25, -0.2) is 0 Å². The third-order valence-corrected chi connectivity index (χ3v) is 4.66. The van der Waals surface area contributed by atoms with E-state index in [0.717, 1.165) is 5.56 Å². The van der Waals surface area contributed by atoms with E-state index in [-0.39, 0.29) is 24.4 Å². The topological polar surface area (TPSA) is 49.4 Å². The molecule has 1 heterocycles. The van der Waals surface area contributed by atoms with Gasteiger partial charge in [0.05, 0.1) is 18.2 Å². The van der Waals surface area contributed by atoms with Gasteiger partial charge in [-0.15, -0.1) is 0 Å². The van der Waals surface area contributed by atoms with Crippen molar-refractivity contribution in [3.05, 3.63) is 57.8 Å². The number of rotatable bonds is 6. The molecule has 0 saturated carbocycles. The van der Waals surface area contributed by atoms with Crippen molar-refractivity contribution in [3.63, 3.8) is 0 Å². The Balaban J connectivity index is 1.90. The first-order valence-electron chi connectivity index (χ1n) is 8.05. The predicted octanol–water partition coefficient (Wildman–Crippen LogP) is 3.82. The standard InChI is InChI=1S/C19H24N2O2S/c1-13(2)15-5-7-16(8-6-15)14(3)20-18(22)11-21(4)19(23)17-9-10-24-12-17/h5-10,12-14H,11H2,1-4H3,(H,20,22). The maximum absolute atomic E-state index is 12.2. The quantitative estimate of drug-likeness (QED) is 0.866. The predicted molar refractivity (Wildman–Crippen MR) is 98.4 cm³/mol. The fourth-order valence-corrected chi connectivity index (χ4v) is 3.06. The lowest BCUT2D eigenvalue weighted by Gasteiger charge is -2.19. The second kappa shape index (κ2) is 8.11. The van der Waals surface area contributed by atoms with Gasteiger partial charge in [0, 0.05) is 12.4 Å². The molecule has 0 aliphatic heterocycles. The van der Waals surface area contributed by atoms with Gasteiger partial charge in [-0.3, -0.25) is 9.59 Å². The Hall–Kier alpha value is -2.14. The summed E-state index contributed by atoms with van der Waals surface area (Å²) in [4.78, 5) is 25.8. The van der Waals surface area contributed by atoms with Crippen molar-refractivity contribution >= 4 is 23.2 Å². The Kier molecular flexibility index (Phi) is 6.15. The molecule has 1 atom stereocenters. The summed E-state index contributed by atoms with van der Waals surface area (Å²) in [5, 5.41) is 6.58. The first-order chi connectivity index (χ1) is 11.4. The molecular formula is C19H24N2O2S. The Morgan fingerprint density at radius 3 is 2.25 bits per heavy atom. The van der Waals surface area contributed by atoms with Crippen molar-refractivity contribution in [2.45, 2.75) is 32.7 Å². The lowest BCUT2D eigenvalue weighted by molar-refractivity contribution is -0.122. The van der Waals surface area contributed by atoms with Crippen molar-refractivity contribution in [1.29, 1.82) is 0 Å². The Morgan fingerprint density at radius 2 is 1.71 bits per heavy atom. The fraction of sp³-hybridized carbons (Fsp3) is 0.368. The van der Waals surface area contributed by atoms with Crippen LogP contribution in [0.5, 0.6) is 0 Å². The number of hydrogen-bond acceptors (Lipinski definition) is 3. The lowest BCUT2D eigenvalue weighted by Crippen LogP contribution is -2.39. The maximum atomic E-state index is 12.2. The van der Waals surface area contributed by atoms with E-state index in [1.54, 1.807) is 18.5 Å². The van der Waals surface area contributed by atoms with E-state index in [1.807, 2.05) is 24.4 Å². The van der Waals surface area contributed by atoms with Crippen LogP contribution >= 0.6 is 11.3 Å². The summed E-state index contributed by atoms with van der Waals surface area (Å²) < 4.78 is 0. The van der Waals surface area contributed by atoms with Crippen molar-refractivity contribution in [2.24, 2.45) is 0 Å². The molecule has 0 aliphatic rings. The molecule has 1 aromatic carbocycles. The number of amides is 2. The summed E-state index contributed by atoms with van der Waals surface area (Å²) in [7, 11) is 1.64. The average molecular weight is 344 g/mol. The van der Waals surface area contributed by atoms with E-state index < -0.39 is 0 Å². The number of thiophene rings is 1. The van der Waals surface area contributed by atoms with Crippen LogP contribution in [0.2, 0.25) is 0 Å². The third kappa shape index (κ3) is 4.68. The summed E-state index contributed by atoms with van der Waals surface area (Å²) in [6, 6.07) is 9.94. The molecule has 2 aromatic rings. The van der Waals surface area contributed by atoms with Crippen LogP contribution in [0.1, 0.15) is 54.2 Å². The highest BCUT2D eigenvalue weighted by Crippen LogP contribution is 2.18. The fourth-order valence-electron chi connectivity index (χ4n) is 2.43. The minimum Gasteiger partial charge on any atom is -0.348 e. The largest absolute Gasteiger partial charge is 0.348 e. The number of carbonyl (C=O) groups excluding carboxylic acids is 2. The van der Waals surface area contributed by atoms with Crippen LogP contribution in [-0.2, 0) is 4.79 Å². The Morgan fingerprint density at radius 1 is 1.08 bits per heavy atom. The van der Waals surface area contributed by atoms with Crippen molar-refractivity contribution in [2.75, 3.05) is 13.6 Å². The number of benzene rings is 1. The van der Waals surface area contributed by atoms with Crippen LogP contribution in [0.4, 0.5) is 0 Å². The zero-order chi connectivity index (χ0) is 17.7. The van der Waals surface area contributed by atoms with Gasteiger partial charge in [0.15, 0.2) is 0 Å². The minimum absolute atomic E-state index is 0.0447. The van der Waals surface area contributed by atoms with E-state index in [9.17, 15) is 9.59 Å². The third-order valence-electron chi connectivity index (χ3n) is 3.98. The highest BCUT2D eigenvalue weighted by atomic mass is 32.1. The molecule has 0 aliphatic carbocycles. The zero-order valence-corrected chi connectivity index (χ0v) is 15.4. The summed E-state index contributed by atoms with van der Waals surface area (Å²) >= 11 is 1.47. The molecule has 2 amide bonds. The normalized spacial score (nSPS) is 12.0. The van der Waals surface area contributed by atoms with Crippen molar-refractivity contribution in [3.8, 4) is 0 Å². The molecule has 0 radical (unpaired) electrons. The minimum atomic E-state index is -0.165. The Labute approximate surface area is 147 Å². The molecule has 5 heteroatoms. The van der Waals surface area contributed by atoms with Gasteiger partial charge in [-0.05, 0) is 35.4 Å². The summed E-state index contributed by atoms with van der Waals surface area (Å²) in [5.74, 6) is 0.183. The van der Waals surface area contributed by atoms with Crippen LogP contribution in [0, 0.1) is 0 Å². The van der Waals surface area contributed by atoms with Crippen LogP contribution in [0.15, 0.2) is 41.1 Å². The molecule has 1 unspecified atom stereocenters. The van der Waals surface area contributed by atoms with Gasteiger partial charge in [-0.2, -0.15) is 11.3 Å². The van der Waals surface area contributed by atoms with Gasteiger partial charge in [0.1, 0.15) is 0 Å². The van der Waals surface area contributed by atoms with Gasteiger partial charge < -0.3 is 10.2 Å². The molecule has 2 rings (SSSR count). The second-order valence-electron chi connectivity index (χ2n) is 6.28. The molecule has 4 nitrogen and oxygen atoms in total. The Bertz CT molecular complexity index is 678. The molecular weight excluding hydrogens is 320 g/mol. The number of likely N-dealkylation sites (N-methyl/N-ethyl adjacent to an activating group) is 1. The van der Waals surface area contributed by atoms with Gasteiger partial charge in [0.2, 0.25) is 5.91 Å². The highest BCUT2D eigenvalue weighted by Gasteiger charge is 2.17. The van der Waals surface area contributed by atoms with E-state index in [2.05, 4.69) is 31.3 Å². The van der Waals surface area contributed by atoms with Gasteiger partial charge in [-0.1, -0.05) is 38.1 Å². The molecule has 128 valence electrons. The molecule has 0 bridgehead atoms. The summed E-state index contributed by atoms with van der Waals surface area (Å²) in [5.41, 5.74) is 2.95. The van der Waals surface area contributed by atoms with Crippen molar-refractivity contribution in [1.82, 2.24) is 10.2 Å². The van der Waals surface area contributed by atoms with E-state index in [1.165, 1.54) is 21.8 Å².